The number of hydrogen-bond acceptors (Lipinski definition) is 3. The second-order valence-corrected chi connectivity index (χ2v) is 10.7. The number of nitrogens with zero attached hydrogens (tertiary/aromatic N) is 1. The number of aliphatic carboxylic acids is 1. The summed E-state index contributed by atoms with van der Waals surface area (Å²) in [7, 11) is 0. The molecule has 0 radical (unpaired) electrons. The summed E-state index contributed by atoms with van der Waals surface area (Å²) in [5.41, 5.74) is 2.40. The molecule has 0 aliphatic carbocycles. The van der Waals surface area contributed by atoms with Crippen LogP contribution in [0.25, 0.3) is 0 Å². The van der Waals surface area contributed by atoms with E-state index in [1.807, 2.05) is 43.3 Å². The van der Waals surface area contributed by atoms with E-state index in [1.54, 1.807) is 30.3 Å². The van der Waals surface area contributed by atoms with Gasteiger partial charge in [0.15, 0.2) is 0 Å². The van der Waals surface area contributed by atoms with Crippen LogP contribution in [0.2, 0.25) is 5.02 Å². The normalized spacial score (nSPS) is 12.2. The fraction of sp³-hybridized carbons (Fsp3) is 0.265. The minimum Gasteiger partial charge on any atom is -0.491 e. The molecule has 0 amide bonds. The highest BCUT2D eigenvalue weighted by molar-refractivity contribution is 6.32. The molecule has 0 saturated heterocycles. The first-order valence-electron chi connectivity index (χ1n) is 13.7. The van der Waals surface area contributed by atoms with E-state index in [-0.39, 0.29) is 42.4 Å². The molecular weight excluding hydrogens is 598 g/mol. The summed E-state index contributed by atoms with van der Waals surface area (Å²) >= 11 is 6.32. The number of carboxylic acids is 1. The lowest BCUT2D eigenvalue weighted by atomic mass is 9.90. The third kappa shape index (κ3) is 10.0. The molecule has 4 aromatic rings. The van der Waals surface area contributed by atoms with Gasteiger partial charge in [0, 0.05) is 25.6 Å². The Labute approximate surface area is 261 Å². The van der Waals surface area contributed by atoms with Gasteiger partial charge in [-0.2, -0.15) is 13.2 Å². The summed E-state index contributed by atoms with van der Waals surface area (Å²) < 4.78 is 47.0. The van der Waals surface area contributed by atoms with Gasteiger partial charge in [-0.1, -0.05) is 96.5 Å². The lowest BCUT2D eigenvalue weighted by molar-refractivity contribution is -0.138. The maximum atomic E-state index is 13.6. The molecule has 0 bridgehead atoms. The molecule has 1 unspecified atom stereocenters. The molecule has 0 spiro atoms. The van der Waals surface area contributed by atoms with Crippen molar-refractivity contribution in [2.75, 3.05) is 13.1 Å². The number of carboxylic acid groups (broad SMARTS) is 1. The van der Waals surface area contributed by atoms with E-state index in [1.165, 1.54) is 6.07 Å². The fourth-order valence-electron chi connectivity index (χ4n) is 4.99. The maximum absolute atomic E-state index is 13.6. The Balaban J connectivity index is 0.00000506. The molecule has 4 rings (SSSR count). The maximum Gasteiger partial charge on any atom is 0.417 e. The highest BCUT2D eigenvalue weighted by Crippen LogP contribution is 2.37. The molecule has 0 fully saturated rings. The Kier molecular flexibility index (Phi) is 12.5. The first kappa shape index (κ1) is 34.0. The van der Waals surface area contributed by atoms with Gasteiger partial charge in [0.2, 0.25) is 0 Å². The molecule has 228 valence electrons. The quantitative estimate of drug-likeness (QED) is 0.160. The van der Waals surface area contributed by atoms with Gasteiger partial charge in [0.05, 0.1) is 23.1 Å². The van der Waals surface area contributed by atoms with Crippen LogP contribution in [0.4, 0.5) is 13.2 Å². The lowest BCUT2D eigenvalue weighted by Gasteiger charge is -2.30. The van der Waals surface area contributed by atoms with Crippen LogP contribution in [0, 0.1) is 0 Å². The average molecular weight is 633 g/mol. The van der Waals surface area contributed by atoms with Crippen molar-refractivity contribution in [1.82, 2.24) is 4.90 Å². The number of rotatable bonds is 13. The van der Waals surface area contributed by atoms with Crippen LogP contribution in [0.1, 0.15) is 47.1 Å². The SMILES string of the molecule is CC(CCN(Cc1cccc(C(F)(F)F)c1Cl)CC(c1ccccc1)c1ccccc1)Oc1cccc(CC(=O)O)c1.Cl. The predicted molar refractivity (Wildman–Crippen MR) is 166 cm³/mol. The summed E-state index contributed by atoms with van der Waals surface area (Å²) in [4.78, 5) is 13.2. The van der Waals surface area contributed by atoms with E-state index in [4.69, 9.17) is 21.4 Å². The van der Waals surface area contributed by atoms with Crippen LogP contribution in [0.5, 0.6) is 5.75 Å². The van der Waals surface area contributed by atoms with Crippen LogP contribution in [0.3, 0.4) is 0 Å². The number of alkyl halides is 3. The summed E-state index contributed by atoms with van der Waals surface area (Å²) in [6, 6.07) is 31.1. The van der Waals surface area contributed by atoms with Crippen LogP contribution in [-0.4, -0.2) is 35.2 Å². The monoisotopic (exact) mass is 631 g/mol. The number of benzene rings is 4. The average Bonchev–Trinajstić information content (AvgIpc) is 2.95. The Bertz CT molecular complexity index is 1410. The molecule has 4 nitrogen and oxygen atoms in total. The van der Waals surface area contributed by atoms with Crippen LogP contribution in [-0.2, 0) is 23.9 Å². The van der Waals surface area contributed by atoms with Gasteiger partial charge in [0.1, 0.15) is 5.75 Å². The van der Waals surface area contributed by atoms with Crippen molar-refractivity contribution in [3.8, 4) is 5.75 Å². The van der Waals surface area contributed by atoms with Crippen molar-refractivity contribution in [3.05, 3.63) is 136 Å². The summed E-state index contributed by atoms with van der Waals surface area (Å²) in [5, 5.41) is 8.82. The van der Waals surface area contributed by atoms with E-state index in [0.717, 1.165) is 17.2 Å². The van der Waals surface area contributed by atoms with Gasteiger partial charge in [0.25, 0.3) is 0 Å². The number of hydrogen-bond donors (Lipinski definition) is 1. The van der Waals surface area contributed by atoms with Crippen molar-refractivity contribution >= 4 is 30.0 Å². The lowest BCUT2D eigenvalue weighted by Crippen LogP contribution is -2.32. The van der Waals surface area contributed by atoms with E-state index in [2.05, 4.69) is 29.2 Å². The molecule has 1 atom stereocenters. The van der Waals surface area contributed by atoms with Gasteiger partial charge >= 0.3 is 12.1 Å². The standard InChI is InChI=1S/C34H33ClF3NO3.ClH/c1-24(42-29-16-8-10-25(20-29)21-32(40)41)18-19-39(22-28-15-9-17-31(33(28)35)34(36,37)38)23-30(26-11-4-2-5-12-26)27-13-6-3-7-14-27;/h2-17,20,24,30H,18-19,21-23H2,1H3,(H,40,41);1H. The molecule has 9 heteroatoms. The molecule has 0 aromatic heterocycles. The van der Waals surface area contributed by atoms with E-state index < -0.39 is 17.7 Å². The minimum absolute atomic E-state index is 0. The molecule has 43 heavy (non-hydrogen) atoms. The summed E-state index contributed by atoms with van der Waals surface area (Å²) in [6.45, 7) is 3.21. The van der Waals surface area contributed by atoms with Crippen LogP contribution >= 0.6 is 24.0 Å². The molecule has 0 saturated carbocycles. The Morgan fingerprint density at radius 3 is 2.09 bits per heavy atom. The molecule has 1 N–H and O–H groups in total. The molecular formula is C34H34Cl2F3NO3. The number of halogens is 5. The zero-order valence-electron chi connectivity index (χ0n) is 23.6. The molecule has 0 heterocycles. The van der Waals surface area contributed by atoms with Crippen molar-refractivity contribution < 1.29 is 27.8 Å². The van der Waals surface area contributed by atoms with Crippen molar-refractivity contribution in [2.24, 2.45) is 0 Å². The van der Waals surface area contributed by atoms with Gasteiger partial charge in [-0.3, -0.25) is 9.69 Å². The summed E-state index contributed by atoms with van der Waals surface area (Å²) in [6.07, 6.45) is -4.31. The van der Waals surface area contributed by atoms with Gasteiger partial charge < -0.3 is 9.84 Å². The molecule has 0 aliphatic rings. The zero-order chi connectivity index (χ0) is 30.1. The topological polar surface area (TPSA) is 49.8 Å². The first-order valence-corrected chi connectivity index (χ1v) is 14.1. The third-order valence-electron chi connectivity index (χ3n) is 7.07. The fourth-order valence-corrected chi connectivity index (χ4v) is 5.28. The molecule has 0 aliphatic heterocycles. The highest BCUT2D eigenvalue weighted by atomic mass is 35.5. The van der Waals surface area contributed by atoms with Crippen molar-refractivity contribution in [1.29, 1.82) is 0 Å². The second-order valence-electron chi connectivity index (χ2n) is 10.3. The smallest absolute Gasteiger partial charge is 0.417 e. The number of ether oxygens (including phenoxy) is 1. The van der Waals surface area contributed by atoms with Crippen molar-refractivity contribution in [3.63, 3.8) is 0 Å². The van der Waals surface area contributed by atoms with Crippen molar-refractivity contribution in [2.45, 2.75) is 44.5 Å². The minimum atomic E-state index is -4.55. The van der Waals surface area contributed by atoms with Gasteiger partial charge in [-0.25, -0.2) is 0 Å². The van der Waals surface area contributed by atoms with E-state index in [0.29, 0.717) is 36.4 Å². The predicted octanol–water partition coefficient (Wildman–Crippen LogP) is 8.90. The first-order chi connectivity index (χ1) is 20.1. The Morgan fingerprint density at radius 2 is 1.51 bits per heavy atom. The largest absolute Gasteiger partial charge is 0.491 e. The molecule has 4 aromatic carbocycles. The van der Waals surface area contributed by atoms with Gasteiger partial charge in [-0.05, 0) is 53.8 Å². The zero-order valence-corrected chi connectivity index (χ0v) is 25.2. The number of carbonyl (C=O) groups is 1. The Morgan fingerprint density at radius 1 is 0.907 bits per heavy atom. The second kappa shape index (κ2) is 15.8. The van der Waals surface area contributed by atoms with Crippen LogP contribution < -0.4 is 4.74 Å². The third-order valence-corrected chi connectivity index (χ3v) is 7.51. The van der Waals surface area contributed by atoms with Crippen LogP contribution in [0.15, 0.2) is 103 Å². The van der Waals surface area contributed by atoms with E-state index in [9.17, 15) is 18.0 Å². The highest BCUT2D eigenvalue weighted by Gasteiger charge is 2.34. The van der Waals surface area contributed by atoms with Gasteiger partial charge in [-0.15, -0.1) is 12.4 Å². The van der Waals surface area contributed by atoms with E-state index >= 15 is 0 Å². The Hall–Kier alpha value is -3.52. The summed E-state index contributed by atoms with van der Waals surface area (Å²) in [5.74, 6) is -0.378.